The molecule has 8 heteroatoms. The minimum absolute atomic E-state index is 0.106. The molecule has 0 fully saturated rings. The Kier molecular flexibility index (Phi) is 5.87. The van der Waals surface area contributed by atoms with E-state index >= 15 is 0 Å². The third-order valence-corrected chi connectivity index (χ3v) is 7.66. The van der Waals surface area contributed by atoms with Crippen LogP contribution in [-0.4, -0.2) is 24.7 Å². The predicted octanol–water partition coefficient (Wildman–Crippen LogP) is 6.04. The molecule has 172 valence electrons. The Labute approximate surface area is 206 Å². The van der Waals surface area contributed by atoms with Crippen LogP contribution in [0.15, 0.2) is 69.9 Å². The second-order valence-electron chi connectivity index (χ2n) is 9.19. The number of thioether (sulfide) groups is 1. The molecule has 0 amide bonds. The van der Waals surface area contributed by atoms with E-state index in [0.29, 0.717) is 17.0 Å². The lowest BCUT2D eigenvalue weighted by atomic mass is 9.87. The van der Waals surface area contributed by atoms with E-state index in [0.717, 1.165) is 32.5 Å². The number of benzene rings is 2. The van der Waals surface area contributed by atoms with E-state index in [1.54, 1.807) is 0 Å². The van der Waals surface area contributed by atoms with Crippen LogP contribution in [0, 0.1) is 0 Å². The zero-order chi connectivity index (χ0) is 23.9. The highest BCUT2D eigenvalue weighted by Gasteiger charge is 2.17. The van der Waals surface area contributed by atoms with Crippen molar-refractivity contribution in [2.24, 2.45) is 7.05 Å². The summed E-state index contributed by atoms with van der Waals surface area (Å²) in [7, 11) is 1.96. The number of aromatic amines is 1. The molecule has 0 unspecified atom stereocenters. The molecule has 0 saturated carbocycles. The molecule has 0 aliphatic heterocycles. The zero-order valence-corrected chi connectivity index (χ0v) is 21.1. The molecule has 3 heterocycles. The SMILES string of the molecule is Cn1c(SCc2nc3scc(-c4ccccc4)c3c(=O)[nH]2)nnc1-c1ccc(C(C)(C)C)cc1. The van der Waals surface area contributed by atoms with Gasteiger partial charge in [0.15, 0.2) is 11.0 Å². The Hall–Kier alpha value is -3.23. The highest BCUT2D eigenvalue weighted by molar-refractivity contribution is 7.98. The third-order valence-electron chi connectivity index (χ3n) is 5.76. The highest BCUT2D eigenvalue weighted by Crippen LogP contribution is 2.31. The van der Waals surface area contributed by atoms with Gasteiger partial charge in [-0.05, 0) is 16.5 Å². The maximum absolute atomic E-state index is 12.9. The molecule has 5 aromatic rings. The van der Waals surface area contributed by atoms with Crippen molar-refractivity contribution in [3.63, 3.8) is 0 Å². The third kappa shape index (κ3) is 4.31. The normalized spacial score (nSPS) is 11.9. The van der Waals surface area contributed by atoms with Gasteiger partial charge < -0.3 is 9.55 Å². The minimum Gasteiger partial charge on any atom is -0.309 e. The van der Waals surface area contributed by atoms with Gasteiger partial charge in [-0.15, -0.1) is 21.5 Å². The first kappa shape index (κ1) is 22.6. The first-order valence-electron chi connectivity index (χ1n) is 11.0. The van der Waals surface area contributed by atoms with Gasteiger partial charge in [-0.1, -0.05) is 87.1 Å². The minimum atomic E-state index is -0.113. The summed E-state index contributed by atoms with van der Waals surface area (Å²) in [6.45, 7) is 6.61. The average molecular weight is 488 g/mol. The summed E-state index contributed by atoms with van der Waals surface area (Å²) in [6, 6.07) is 18.4. The van der Waals surface area contributed by atoms with Crippen molar-refractivity contribution in [1.82, 2.24) is 24.7 Å². The van der Waals surface area contributed by atoms with E-state index in [1.165, 1.54) is 28.7 Å². The highest BCUT2D eigenvalue weighted by atomic mass is 32.2. The van der Waals surface area contributed by atoms with Gasteiger partial charge in [0.2, 0.25) is 0 Å². The van der Waals surface area contributed by atoms with Crippen molar-refractivity contribution >= 4 is 33.3 Å². The summed E-state index contributed by atoms with van der Waals surface area (Å²) >= 11 is 3.00. The lowest BCUT2D eigenvalue weighted by molar-refractivity contribution is 0.590. The molecule has 2 aromatic carbocycles. The zero-order valence-electron chi connectivity index (χ0n) is 19.5. The number of aromatic nitrogens is 5. The Bertz CT molecular complexity index is 1510. The van der Waals surface area contributed by atoms with Crippen LogP contribution in [0.3, 0.4) is 0 Å². The number of hydrogen-bond donors (Lipinski definition) is 1. The van der Waals surface area contributed by atoms with Crippen LogP contribution in [-0.2, 0) is 18.2 Å². The second-order valence-corrected chi connectivity index (χ2v) is 11.0. The van der Waals surface area contributed by atoms with Gasteiger partial charge in [-0.25, -0.2) is 4.98 Å². The largest absolute Gasteiger partial charge is 0.309 e. The van der Waals surface area contributed by atoms with Crippen molar-refractivity contribution in [3.05, 3.63) is 81.7 Å². The molecule has 3 aromatic heterocycles. The lowest BCUT2D eigenvalue weighted by Gasteiger charge is -2.19. The number of rotatable bonds is 5. The number of thiophene rings is 1. The van der Waals surface area contributed by atoms with Gasteiger partial charge in [0, 0.05) is 23.6 Å². The summed E-state index contributed by atoms with van der Waals surface area (Å²) < 4.78 is 1.98. The van der Waals surface area contributed by atoms with Gasteiger partial charge in [0.25, 0.3) is 5.56 Å². The van der Waals surface area contributed by atoms with E-state index < -0.39 is 0 Å². The lowest BCUT2D eigenvalue weighted by Crippen LogP contribution is -2.11. The summed E-state index contributed by atoms with van der Waals surface area (Å²) in [5, 5.41) is 12.2. The number of hydrogen-bond acceptors (Lipinski definition) is 6. The fraction of sp³-hybridized carbons (Fsp3) is 0.231. The van der Waals surface area contributed by atoms with E-state index in [1.807, 2.05) is 47.3 Å². The summed E-state index contributed by atoms with van der Waals surface area (Å²) in [4.78, 5) is 21.3. The van der Waals surface area contributed by atoms with Crippen molar-refractivity contribution in [2.45, 2.75) is 37.1 Å². The molecule has 1 N–H and O–H groups in total. The molecule has 0 saturated heterocycles. The van der Waals surface area contributed by atoms with Crippen LogP contribution in [0.25, 0.3) is 32.7 Å². The number of nitrogens with zero attached hydrogens (tertiary/aromatic N) is 4. The van der Waals surface area contributed by atoms with Gasteiger partial charge in [-0.2, -0.15) is 0 Å². The summed E-state index contributed by atoms with van der Waals surface area (Å²) in [5.41, 5.74) is 4.24. The molecule has 0 radical (unpaired) electrons. The van der Waals surface area contributed by atoms with E-state index in [9.17, 15) is 4.79 Å². The fourth-order valence-electron chi connectivity index (χ4n) is 3.84. The van der Waals surface area contributed by atoms with Gasteiger partial charge in [-0.3, -0.25) is 4.79 Å². The van der Waals surface area contributed by atoms with Crippen LogP contribution < -0.4 is 5.56 Å². The fourth-order valence-corrected chi connectivity index (χ4v) is 5.58. The van der Waals surface area contributed by atoms with E-state index in [-0.39, 0.29) is 11.0 Å². The Morgan fingerprint density at radius 1 is 1.00 bits per heavy atom. The van der Waals surface area contributed by atoms with Gasteiger partial charge in [0.05, 0.1) is 11.1 Å². The van der Waals surface area contributed by atoms with Crippen LogP contribution in [0.1, 0.15) is 32.2 Å². The predicted molar refractivity (Wildman–Crippen MR) is 140 cm³/mol. The van der Waals surface area contributed by atoms with Gasteiger partial charge >= 0.3 is 0 Å². The van der Waals surface area contributed by atoms with E-state index in [2.05, 4.69) is 60.2 Å². The summed E-state index contributed by atoms with van der Waals surface area (Å²) in [5.74, 6) is 1.94. The van der Waals surface area contributed by atoms with Crippen LogP contribution >= 0.6 is 23.1 Å². The van der Waals surface area contributed by atoms with E-state index in [4.69, 9.17) is 4.98 Å². The molecule has 0 aliphatic rings. The summed E-state index contributed by atoms with van der Waals surface area (Å²) in [6.07, 6.45) is 0. The Morgan fingerprint density at radius 2 is 1.74 bits per heavy atom. The first-order chi connectivity index (χ1) is 16.3. The Morgan fingerprint density at radius 3 is 2.44 bits per heavy atom. The van der Waals surface area contributed by atoms with Crippen molar-refractivity contribution in [1.29, 1.82) is 0 Å². The number of nitrogens with one attached hydrogen (secondary N) is 1. The van der Waals surface area contributed by atoms with Crippen molar-refractivity contribution in [3.8, 4) is 22.5 Å². The molecule has 0 atom stereocenters. The standard InChI is InChI=1S/C26H25N5OS2/c1-26(2,3)18-12-10-17(11-13-18)22-29-30-25(31(22)4)34-15-20-27-23(32)21-19(14-33-24(21)28-20)16-8-6-5-7-9-16/h5-14H,15H2,1-4H3,(H,27,28,32). The smallest absolute Gasteiger partial charge is 0.260 e. The monoisotopic (exact) mass is 487 g/mol. The maximum Gasteiger partial charge on any atom is 0.260 e. The molecule has 34 heavy (non-hydrogen) atoms. The molecule has 0 spiro atoms. The quantitative estimate of drug-likeness (QED) is 0.306. The van der Waals surface area contributed by atoms with Crippen LogP contribution in [0.2, 0.25) is 0 Å². The number of H-pyrrole nitrogens is 1. The number of fused-ring (bicyclic) bond motifs is 1. The average Bonchev–Trinajstić information content (AvgIpc) is 3.42. The molecule has 6 nitrogen and oxygen atoms in total. The topological polar surface area (TPSA) is 76.5 Å². The second kappa shape index (κ2) is 8.85. The molecule has 0 aliphatic carbocycles. The Balaban J connectivity index is 1.36. The van der Waals surface area contributed by atoms with Gasteiger partial charge in [0.1, 0.15) is 10.7 Å². The van der Waals surface area contributed by atoms with Crippen LogP contribution in [0.5, 0.6) is 0 Å². The molecule has 0 bridgehead atoms. The molecular weight excluding hydrogens is 462 g/mol. The maximum atomic E-state index is 12.9. The van der Waals surface area contributed by atoms with Crippen LogP contribution in [0.4, 0.5) is 0 Å². The first-order valence-corrected chi connectivity index (χ1v) is 12.9. The van der Waals surface area contributed by atoms with Crippen molar-refractivity contribution in [2.75, 3.05) is 0 Å². The molecular formula is C26H25N5OS2. The molecule has 5 rings (SSSR count). The van der Waals surface area contributed by atoms with Crippen molar-refractivity contribution < 1.29 is 0 Å².